The summed E-state index contributed by atoms with van der Waals surface area (Å²) < 4.78 is 15.9. The van der Waals surface area contributed by atoms with E-state index in [0.717, 1.165) is 0 Å². The minimum absolute atomic E-state index is 0.0481. The monoisotopic (exact) mass is 434 g/mol. The standard InChI is InChI=1S/C24H22N2O6/c1-4-31-17-10-8-15(9-11-17)22(27)20-21(16-6-5-7-18(13-16)30-3)26(24(29)23(20)28)19-12-14(2)32-25-19/h5-13,21,27H,4H2,1-3H3/b22-20+/t21-/m1/s1. The van der Waals surface area contributed by atoms with Crippen molar-refractivity contribution in [3.8, 4) is 11.5 Å². The van der Waals surface area contributed by atoms with E-state index < -0.39 is 17.7 Å². The number of benzene rings is 2. The van der Waals surface area contributed by atoms with Crippen molar-refractivity contribution in [3.63, 3.8) is 0 Å². The number of carbonyl (C=O) groups excluding carboxylic acids is 2. The first-order chi connectivity index (χ1) is 15.4. The molecule has 4 rings (SSSR count). The van der Waals surface area contributed by atoms with Crippen LogP contribution in [0.4, 0.5) is 5.82 Å². The smallest absolute Gasteiger partial charge is 0.301 e. The number of aromatic nitrogens is 1. The summed E-state index contributed by atoms with van der Waals surface area (Å²) in [6.45, 7) is 4.06. The predicted molar refractivity (Wildman–Crippen MR) is 117 cm³/mol. The second kappa shape index (κ2) is 8.58. The zero-order valence-electron chi connectivity index (χ0n) is 17.9. The third-order valence-corrected chi connectivity index (χ3v) is 5.16. The van der Waals surface area contributed by atoms with E-state index in [1.54, 1.807) is 61.5 Å². The molecule has 1 fully saturated rings. The van der Waals surface area contributed by atoms with E-state index in [1.807, 2.05) is 6.92 Å². The Morgan fingerprint density at radius 1 is 1.12 bits per heavy atom. The number of Topliss-reactive ketones (excluding diaryl/α,β-unsaturated/α-hetero) is 1. The highest BCUT2D eigenvalue weighted by Crippen LogP contribution is 2.42. The number of rotatable bonds is 6. The normalized spacial score (nSPS) is 17.6. The molecule has 1 aliphatic rings. The lowest BCUT2D eigenvalue weighted by Crippen LogP contribution is -2.29. The van der Waals surface area contributed by atoms with Gasteiger partial charge in [0.15, 0.2) is 5.82 Å². The highest BCUT2D eigenvalue weighted by Gasteiger charge is 2.48. The molecule has 0 radical (unpaired) electrons. The van der Waals surface area contributed by atoms with Gasteiger partial charge in [-0.1, -0.05) is 17.3 Å². The lowest BCUT2D eigenvalue weighted by atomic mass is 9.95. The number of carbonyl (C=O) groups is 2. The predicted octanol–water partition coefficient (Wildman–Crippen LogP) is 4.02. The molecule has 32 heavy (non-hydrogen) atoms. The van der Waals surface area contributed by atoms with Crippen molar-refractivity contribution in [3.05, 3.63) is 77.1 Å². The van der Waals surface area contributed by atoms with Crippen molar-refractivity contribution >= 4 is 23.3 Å². The summed E-state index contributed by atoms with van der Waals surface area (Å²) in [6, 6.07) is 14.3. The van der Waals surface area contributed by atoms with Gasteiger partial charge in [0.25, 0.3) is 5.78 Å². The van der Waals surface area contributed by atoms with Crippen molar-refractivity contribution in [2.24, 2.45) is 0 Å². The maximum atomic E-state index is 13.1. The fourth-order valence-corrected chi connectivity index (χ4v) is 3.69. The second-order valence-electron chi connectivity index (χ2n) is 7.20. The van der Waals surface area contributed by atoms with Gasteiger partial charge in [-0.3, -0.25) is 14.5 Å². The summed E-state index contributed by atoms with van der Waals surface area (Å²) in [5.74, 6) is -0.0659. The molecule has 2 aromatic carbocycles. The van der Waals surface area contributed by atoms with Crippen LogP contribution in [0.25, 0.3) is 5.76 Å². The molecule has 0 aliphatic carbocycles. The quantitative estimate of drug-likeness (QED) is 0.355. The number of hydrogen-bond acceptors (Lipinski definition) is 7. The first kappa shape index (κ1) is 21.2. The molecule has 1 aromatic heterocycles. The molecule has 8 nitrogen and oxygen atoms in total. The fourth-order valence-electron chi connectivity index (χ4n) is 3.69. The van der Waals surface area contributed by atoms with Gasteiger partial charge in [0.05, 0.1) is 25.3 Å². The van der Waals surface area contributed by atoms with Crippen LogP contribution >= 0.6 is 0 Å². The summed E-state index contributed by atoms with van der Waals surface area (Å²) >= 11 is 0. The van der Waals surface area contributed by atoms with Gasteiger partial charge in [-0.25, -0.2) is 0 Å². The van der Waals surface area contributed by atoms with E-state index in [-0.39, 0.29) is 17.2 Å². The van der Waals surface area contributed by atoms with Crippen LogP contribution in [0.1, 0.15) is 29.9 Å². The number of ether oxygens (including phenoxy) is 2. The first-order valence-electron chi connectivity index (χ1n) is 10.1. The van der Waals surface area contributed by atoms with Crippen LogP contribution < -0.4 is 14.4 Å². The van der Waals surface area contributed by atoms with E-state index in [1.165, 1.54) is 12.0 Å². The summed E-state index contributed by atoms with van der Waals surface area (Å²) in [6.07, 6.45) is 0. The van der Waals surface area contributed by atoms with E-state index in [2.05, 4.69) is 5.16 Å². The van der Waals surface area contributed by atoms with Crippen molar-refractivity contribution in [1.82, 2.24) is 5.16 Å². The maximum absolute atomic E-state index is 13.1. The average Bonchev–Trinajstić information content (AvgIpc) is 3.34. The minimum atomic E-state index is -0.916. The number of aliphatic hydroxyl groups is 1. The number of aryl methyl sites for hydroxylation is 1. The summed E-state index contributed by atoms with van der Waals surface area (Å²) in [5, 5.41) is 15.0. The largest absolute Gasteiger partial charge is 0.507 e. The minimum Gasteiger partial charge on any atom is -0.507 e. The molecule has 1 aliphatic heterocycles. The number of aliphatic hydroxyl groups excluding tert-OH is 1. The average molecular weight is 434 g/mol. The number of amides is 1. The third kappa shape index (κ3) is 3.71. The first-order valence-corrected chi connectivity index (χ1v) is 10.1. The van der Waals surface area contributed by atoms with Gasteiger partial charge < -0.3 is 19.1 Å². The Kier molecular flexibility index (Phi) is 5.68. The van der Waals surface area contributed by atoms with Crippen LogP contribution in [0.15, 0.2) is 64.7 Å². The van der Waals surface area contributed by atoms with Crippen LogP contribution in [-0.4, -0.2) is 35.7 Å². The molecule has 0 spiro atoms. The highest BCUT2D eigenvalue weighted by molar-refractivity contribution is 6.51. The Morgan fingerprint density at radius 2 is 1.88 bits per heavy atom. The molecule has 0 saturated carbocycles. The Bertz CT molecular complexity index is 1200. The van der Waals surface area contributed by atoms with Gasteiger partial charge in [0.2, 0.25) is 0 Å². The van der Waals surface area contributed by atoms with Gasteiger partial charge >= 0.3 is 5.91 Å². The molecular formula is C24H22N2O6. The van der Waals surface area contributed by atoms with Gasteiger partial charge in [0.1, 0.15) is 23.0 Å². The summed E-state index contributed by atoms with van der Waals surface area (Å²) in [4.78, 5) is 27.4. The molecule has 1 saturated heterocycles. The number of anilines is 1. The van der Waals surface area contributed by atoms with Crippen molar-refractivity contribution in [2.45, 2.75) is 19.9 Å². The Balaban J connectivity index is 1.89. The number of methoxy groups -OCH3 is 1. The lowest BCUT2D eigenvalue weighted by molar-refractivity contribution is -0.132. The van der Waals surface area contributed by atoms with Gasteiger partial charge in [-0.15, -0.1) is 0 Å². The molecule has 1 amide bonds. The fraction of sp³-hybridized carbons (Fsp3) is 0.208. The van der Waals surface area contributed by atoms with Crippen molar-refractivity contribution in [2.75, 3.05) is 18.6 Å². The second-order valence-corrected chi connectivity index (χ2v) is 7.20. The van der Waals surface area contributed by atoms with Gasteiger partial charge in [0, 0.05) is 11.6 Å². The summed E-state index contributed by atoms with van der Waals surface area (Å²) in [5.41, 5.74) is 0.917. The van der Waals surface area contributed by atoms with Gasteiger partial charge in [-0.2, -0.15) is 0 Å². The zero-order valence-corrected chi connectivity index (χ0v) is 17.9. The van der Waals surface area contributed by atoms with Crippen LogP contribution in [0.3, 0.4) is 0 Å². The van der Waals surface area contributed by atoms with Crippen LogP contribution in [0, 0.1) is 6.92 Å². The molecular weight excluding hydrogens is 412 g/mol. The Morgan fingerprint density at radius 3 is 2.50 bits per heavy atom. The van der Waals surface area contributed by atoms with E-state index in [4.69, 9.17) is 14.0 Å². The molecule has 1 atom stereocenters. The Hall–Kier alpha value is -4.07. The highest BCUT2D eigenvalue weighted by atomic mass is 16.5. The zero-order chi connectivity index (χ0) is 22.8. The van der Waals surface area contributed by atoms with Crippen LogP contribution in [0.2, 0.25) is 0 Å². The number of hydrogen-bond donors (Lipinski definition) is 1. The topological polar surface area (TPSA) is 102 Å². The van der Waals surface area contributed by atoms with E-state index in [9.17, 15) is 14.7 Å². The number of ketones is 1. The maximum Gasteiger partial charge on any atom is 0.301 e. The van der Waals surface area contributed by atoms with Crippen LogP contribution in [0.5, 0.6) is 11.5 Å². The molecule has 2 heterocycles. The molecule has 0 bridgehead atoms. The van der Waals surface area contributed by atoms with E-state index >= 15 is 0 Å². The van der Waals surface area contributed by atoms with Gasteiger partial charge in [-0.05, 0) is 55.8 Å². The SMILES string of the molecule is CCOc1ccc(/C(O)=C2\C(=O)C(=O)N(c3cc(C)on3)[C@@H]2c2cccc(OC)c2)cc1. The van der Waals surface area contributed by atoms with Crippen molar-refractivity contribution in [1.29, 1.82) is 0 Å². The van der Waals surface area contributed by atoms with Crippen molar-refractivity contribution < 1.29 is 28.7 Å². The number of nitrogens with zero attached hydrogens (tertiary/aromatic N) is 2. The molecule has 1 N–H and O–H groups in total. The third-order valence-electron chi connectivity index (χ3n) is 5.16. The van der Waals surface area contributed by atoms with E-state index in [0.29, 0.717) is 35.0 Å². The summed E-state index contributed by atoms with van der Waals surface area (Å²) in [7, 11) is 1.52. The molecule has 164 valence electrons. The Labute approximate surface area is 184 Å². The molecule has 3 aromatic rings. The van der Waals surface area contributed by atoms with Crippen LogP contribution in [-0.2, 0) is 9.59 Å². The molecule has 0 unspecified atom stereocenters. The lowest BCUT2D eigenvalue weighted by Gasteiger charge is -2.23. The molecule has 8 heteroatoms.